The van der Waals surface area contributed by atoms with Crippen LogP contribution in [-0.2, 0) is 19.1 Å². The fourth-order valence-corrected chi connectivity index (χ4v) is 4.60. The van der Waals surface area contributed by atoms with E-state index in [1.807, 2.05) is 23.6 Å². The summed E-state index contributed by atoms with van der Waals surface area (Å²) in [6, 6.07) is -0.599. The van der Waals surface area contributed by atoms with Crippen molar-refractivity contribution < 1.29 is 19.1 Å². The largest absolute Gasteiger partial charge is 0.379 e. The number of hydrogen-bond acceptors (Lipinski definition) is 6. The molecule has 3 aliphatic heterocycles. The molecule has 3 fully saturated rings. The summed E-state index contributed by atoms with van der Waals surface area (Å²) in [5.74, 6) is -0.120. The lowest BCUT2D eigenvalue weighted by Crippen LogP contribution is -2.53. The zero-order chi connectivity index (χ0) is 21.7. The van der Waals surface area contributed by atoms with Crippen molar-refractivity contribution in [1.29, 1.82) is 0 Å². The summed E-state index contributed by atoms with van der Waals surface area (Å²) in [5.41, 5.74) is 0. The number of ether oxygens (including phenoxy) is 1. The maximum Gasteiger partial charge on any atom is 0.245 e. The van der Waals surface area contributed by atoms with Gasteiger partial charge in [-0.3, -0.25) is 19.3 Å². The van der Waals surface area contributed by atoms with Gasteiger partial charge in [0.1, 0.15) is 6.04 Å². The molecule has 0 radical (unpaired) electrons. The molecule has 3 rings (SSSR count). The van der Waals surface area contributed by atoms with Gasteiger partial charge < -0.3 is 24.8 Å². The molecular formula is C21H37N5O4. The van der Waals surface area contributed by atoms with Crippen molar-refractivity contribution in [2.45, 2.75) is 39.3 Å². The Bertz CT molecular complexity index is 617. The molecule has 0 aromatic rings. The zero-order valence-corrected chi connectivity index (χ0v) is 18.6. The highest BCUT2D eigenvalue weighted by Gasteiger charge is 2.43. The van der Waals surface area contributed by atoms with E-state index in [1.165, 1.54) is 6.92 Å². The zero-order valence-electron chi connectivity index (χ0n) is 18.6. The first kappa shape index (κ1) is 23.0. The van der Waals surface area contributed by atoms with Crippen molar-refractivity contribution in [3.63, 3.8) is 0 Å². The number of carbonyl (C=O) groups excluding carboxylic acids is 3. The van der Waals surface area contributed by atoms with Crippen molar-refractivity contribution >= 4 is 17.7 Å². The summed E-state index contributed by atoms with van der Waals surface area (Å²) in [4.78, 5) is 46.3. The van der Waals surface area contributed by atoms with Crippen LogP contribution >= 0.6 is 0 Å². The average Bonchev–Trinajstić information content (AvgIpc) is 3.20. The van der Waals surface area contributed by atoms with E-state index in [1.54, 1.807) is 4.90 Å². The van der Waals surface area contributed by atoms with Gasteiger partial charge in [0.05, 0.1) is 19.3 Å². The molecule has 3 amide bonds. The summed E-state index contributed by atoms with van der Waals surface area (Å²) in [6.07, 6.45) is 0.518. The fourth-order valence-electron chi connectivity index (χ4n) is 4.60. The summed E-state index contributed by atoms with van der Waals surface area (Å²) in [5, 5.41) is 3.26. The van der Waals surface area contributed by atoms with Crippen molar-refractivity contribution in [2.75, 3.05) is 72.1 Å². The van der Waals surface area contributed by atoms with Crippen LogP contribution in [0.15, 0.2) is 0 Å². The Morgan fingerprint density at radius 2 is 1.77 bits per heavy atom. The fraction of sp³-hybridized carbons (Fsp3) is 0.857. The molecule has 3 aliphatic rings. The molecule has 0 aliphatic carbocycles. The first-order valence-electron chi connectivity index (χ1n) is 11.3. The molecule has 0 bridgehead atoms. The predicted molar refractivity (Wildman–Crippen MR) is 113 cm³/mol. The highest BCUT2D eigenvalue weighted by molar-refractivity contribution is 5.88. The highest BCUT2D eigenvalue weighted by Crippen LogP contribution is 2.25. The molecule has 2 unspecified atom stereocenters. The number of carbonyl (C=O) groups is 3. The molecule has 0 aromatic carbocycles. The maximum absolute atomic E-state index is 13.2. The third-order valence-electron chi connectivity index (χ3n) is 6.38. The van der Waals surface area contributed by atoms with Crippen LogP contribution in [0.2, 0.25) is 0 Å². The van der Waals surface area contributed by atoms with Crippen LogP contribution in [0.4, 0.5) is 0 Å². The topological polar surface area (TPSA) is 85.4 Å². The summed E-state index contributed by atoms with van der Waals surface area (Å²) >= 11 is 0. The summed E-state index contributed by atoms with van der Waals surface area (Å²) in [7, 11) is 0. The van der Waals surface area contributed by atoms with Gasteiger partial charge in [0.15, 0.2) is 0 Å². The molecule has 9 nitrogen and oxygen atoms in total. The highest BCUT2D eigenvalue weighted by atomic mass is 16.5. The van der Waals surface area contributed by atoms with E-state index >= 15 is 0 Å². The minimum atomic E-state index is -0.476. The minimum absolute atomic E-state index is 0.0133. The number of nitrogens with one attached hydrogen (secondary N) is 1. The second-order valence-corrected chi connectivity index (χ2v) is 8.79. The van der Waals surface area contributed by atoms with E-state index < -0.39 is 6.04 Å². The molecule has 0 aromatic heterocycles. The lowest BCUT2D eigenvalue weighted by molar-refractivity contribution is -0.143. The Morgan fingerprint density at radius 3 is 2.37 bits per heavy atom. The molecule has 2 atom stereocenters. The number of nitrogens with zero attached hydrogens (tertiary/aromatic N) is 4. The molecule has 0 spiro atoms. The van der Waals surface area contributed by atoms with E-state index in [0.29, 0.717) is 32.6 Å². The lowest BCUT2D eigenvalue weighted by Gasteiger charge is -2.34. The monoisotopic (exact) mass is 423 g/mol. The second-order valence-electron chi connectivity index (χ2n) is 8.79. The van der Waals surface area contributed by atoms with Crippen LogP contribution in [-0.4, -0.2) is 122 Å². The number of morpholine rings is 1. The Labute approximate surface area is 179 Å². The molecular weight excluding hydrogens is 386 g/mol. The number of piperazine rings is 1. The van der Waals surface area contributed by atoms with Crippen LogP contribution < -0.4 is 5.32 Å². The van der Waals surface area contributed by atoms with Crippen LogP contribution in [0.5, 0.6) is 0 Å². The van der Waals surface area contributed by atoms with Crippen LogP contribution in [0, 0.1) is 5.92 Å². The average molecular weight is 424 g/mol. The maximum atomic E-state index is 13.2. The molecule has 30 heavy (non-hydrogen) atoms. The second kappa shape index (κ2) is 10.5. The molecule has 170 valence electrons. The SMILES string of the molecule is CC(=O)N1CC(N(CCN2CCOCC2)C(=O)C(C)C)CC1C(=O)N1CCNCC1. The number of rotatable bonds is 6. The van der Waals surface area contributed by atoms with Crippen molar-refractivity contribution in [3.05, 3.63) is 0 Å². The third kappa shape index (κ3) is 5.50. The number of amides is 3. The van der Waals surface area contributed by atoms with Crippen molar-refractivity contribution in [1.82, 2.24) is 24.9 Å². The predicted octanol–water partition coefficient (Wildman–Crippen LogP) is -0.776. The van der Waals surface area contributed by atoms with Gasteiger partial charge in [0.2, 0.25) is 17.7 Å². The Kier molecular flexibility index (Phi) is 8.07. The van der Waals surface area contributed by atoms with E-state index in [2.05, 4.69) is 10.2 Å². The van der Waals surface area contributed by atoms with Crippen LogP contribution in [0.3, 0.4) is 0 Å². The van der Waals surface area contributed by atoms with Gasteiger partial charge in [0, 0.05) is 71.7 Å². The Morgan fingerprint density at radius 1 is 1.10 bits per heavy atom. The first-order valence-corrected chi connectivity index (χ1v) is 11.3. The molecule has 9 heteroatoms. The van der Waals surface area contributed by atoms with Gasteiger partial charge in [-0.25, -0.2) is 0 Å². The van der Waals surface area contributed by atoms with E-state index in [-0.39, 0.29) is 29.7 Å². The minimum Gasteiger partial charge on any atom is -0.379 e. The van der Waals surface area contributed by atoms with Gasteiger partial charge in [0.25, 0.3) is 0 Å². The normalized spacial score (nSPS) is 25.6. The van der Waals surface area contributed by atoms with E-state index in [0.717, 1.165) is 45.9 Å². The molecule has 3 saturated heterocycles. The molecule has 3 heterocycles. The van der Waals surface area contributed by atoms with E-state index in [9.17, 15) is 14.4 Å². The van der Waals surface area contributed by atoms with Gasteiger partial charge >= 0.3 is 0 Å². The van der Waals surface area contributed by atoms with Gasteiger partial charge in [-0.05, 0) is 6.42 Å². The lowest BCUT2D eigenvalue weighted by atomic mass is 10.1. The van der Waals surface area contributed by atoms with Gasteiger partial charge in [-0.15, -0.1) is 0 Å². The van der Waals surface area contributed by atoms with Crippen molar-refractivity contribution in [3.8, 4) is 0 Å². The van der Waals surface area contributed by atoms with Gasteiger partial charge in [-0.1, -0.05) is 13.8 Å². The molecule has 0 saturated carbocycles. The quantitative estimate of drug-likeness (QED) is 0.604. The summed E-state index contributed by atoms with van der Waals surface area (Å²) in [6.45, 7) is 13.2. The Hall–Kier alpha value is -1.71. The third-order valence-corrected chi connectivity index (χ3v) is 6.38. The van der Waals surface area contributed by atoms with Gasteiger partial charge in [-0.2, -0.15) is 0 Å². The standard InChI is InChI=1S/C21H37N5O4/c1-16(2)20(28)25(9-8-23-10-12-30-13-11-23)18-14-19(26(15-18)17(3)27)21(29)24-6-4-22-5-7-24/h16,18-19,22H,4-15H2,1-3H3. The van der Waals surface area contributed by atoms with E-state index in [4.69, 9.17) is 4.74 Å². The summed E-state index contributed by atoms with van der Waals surface area (Å²) < 4.78 is 5.42. The first-order chi connectivity index (χ1) is 14.4. The number of likely N-dealkylation sites (tertiary alicyclic amines) is 1. The van der Waals surface area contributed by atoms with Crippen LogP contribution in [0.25, 0.3) is 0 Å². The smallest absolute Gasteiger partial charge is 0.245 e. The Balaban J connectivity index is 1.70. The molecule has 1 N–H and O–H groups in total. The number of hydrogen-bond donors (Lipinski definition) is 1. The van der Waals surface area contributed by atoms with Crippen molar-refractivity contribution in [2.24, 2.45) is 5.92 Å². The van der Waals surface area contributed by atoms with Crippen LogP contribution in [0.1, 0.15) is 27.2 Å².